The van der Waals surface area contributed by atoms with Gasteiger partial charge in [0.15, 0.2) is 0 Å². The summed E-state index contributed by atoms with van der Waals surface area (Å²) in [6.45, 7) is 3.77. The number of carboxylic acid groups (broad SMARTS) is 1. The van der Waals surface area contributed by atoms with Gasteiger partial charge in [-0.05, 0) is 44.7 Å². The van der Waals surface area contributed by atoms with Gasteiger partial charge in [-0.3, -0.25) is 0 Å². The topological polar surface area (TPSA) is 93.5 Å². The van der Waals surface area contributed by atoms with E-state index >= 15 is 0 Å². The molecule has 1 aromatic carbocycles. The van der Waals surface area contributed by atoms with Gasteiger partial charge in [0.2, 0.25) is 0 Å². The van der Waals surface area contributed by atoms with Crippen molar-refractivity contribution in [3.63, 3.8) is 0 Å². The van der Waals surface area contributed by atoms with E-state index in [1.54, 1.807) is 26.4 Å². The van der Waals surface area contributed by atoms with Crippen LogP contribution in [-0.4, -0.2) is 33.2 Å². The maximum absolute atomic E-state index is 13.3. The van der Waals surface area contributed by atoms with E-state index in [2.05, 4.69) is 10.3 Å². The van der Waals surface area contributed by atoms with Gasteiger partial charge in [-0.2, -0.15) is 0 Å². The van der Waals surface area contributed by atoms with Crippen molar-refractivity contribution in [2.45, 2.75) is 46.0 Å². The molecule has 1 saturated carbocycles. The summed E-state index contributed by atoms with van der Waals surface area (Å²) in [6.07, 6.45) is 10.3. The summed E-state index contributed by atoms with van der Waals surface area (Å²) >= 11 is 0. The Balaban J connectivity index is 1.89. The monoisotopic (exact) mass is 435 g/mol. The lowest BCUT2D eigenvalue weighted by molar-refractivity contribution is -0.139. The lowest BCUT2D eigenvalue weighted by atomic mass is 9.70. The molecular weight excluding hydrogens is 406 g/mol. The maximum Gasteiger partial charge on any atom is 0.336 e. The van der Waals surface area contributed by atoms with Crippen LogP contribution < -0.4 is 5.32 Å². The average molecular weight is 436 g/mol. The predicted octanol–water partition coefficient (Wildman–Crippen LogP) is 4.30. The normalized spacial score (nSPS) is 19.6. The number of dihydropyridines is 1. The minimum Gasteiger partial charge on any atom is -0.478 e. The SMILES string of the molecule is CCOC(=O)C1=C(c2cccc(-n3ccnc3)c2)NC(C)=C(C(=O)O)C1C1CCCCC1. The number of aliphatic carboxylic acids is 1. The second-order valence-corrected chi connectivity index (χ2v) is 8.37. The number of carboxylic acids is 1. The standard InChI is InChI=1S/C25H29N3O4/c1-3-32-25(31)22-21(17-8-5-4-6-9-17)20(24(29)30)16(2)27-23(22)18-10-7-11-19(14-18)28-13-12-26-15-28/h7,10-15,17,21,27H,3-6,8-9H2,1-2H3,(H,29,30). The van der Waals surface area contributed by atoms with Crippen molar-refractivity contribution in [1.29, 1.82) is 0 Å². The first-order valence-corrected chi connectivity index (χ1v) is 11.2. The van der Waals surface area contributed by atoms with Gasteiger partial charge in [0, 0.05) is 35.3 Å². The summed E-state index contributed by atoms with van der Waals surface area (Å²) in [6, 6.07) is 7.78. The number of hydrogen-bond acceptors (Lipinski definition) is 5. The Morgan fingerprint density at radius 1 is 1.22 bits per heavy atom. The fourth-order valence-electron chi connectivity index (χ4n) is 4.99. The van der Waals surface area contributed by atoms with E-state index in [1.165, 1.54) is 0 Å². The highest BCUT2D eigenvalue weighted by atomic mass is 16.5. The van der Waals surface area contributed by atoms with Crippen molar-refractivity contribution in [3.8, 4) is 5.69 Å². The van der Waals surface area contributed by atoms with Crippen LogP contribution in [0.25, 0.3) is 11.4 Å². The Kier molecular flexibility index (Phi) is 6.44. The smallest absolute Gasteiger partial charge is 0.336 e. The van der Waals surface area contributed by atoms with Gasteiger partial charge in [0.05, 0.1) is 29.8 Å². The summed E-state index contributed by atoms with van der Waals surface area (Å²) in [7, 11) is 0. The molecule has 2 aromatic rings. The molecule has 2 aliphatic rings. The zero-order valence-electron chi connectivity index (χ0n) is 18.5. The van der Waals surface area contributed by atoms with E-state index in [0.29, 0.717) is 17.0 Å². The second-order valence-electron chi connectivity index (χ2n) is 8.37. The molecule has 1 aliphatic carbocycles. The van der Waals surface area contributed by atoms with Gasteiger partial charge in [0.25, 0.3) is 0 Å². The van der Waals surface area contributed by atoms with Crippen molar-refractivity contribution in [1.82, 2.24) is 14.9 Å². The molecule has 0 bridgehead atoms. The molecular formula is C25H29N3O4. The molecule has 2 N–H and O–H groups in total. The van der Waals surface area contributed by atoms with Crippen LogP contribution in [0.1, 0.15) is 51.5 Å². The van der Waals surface area contributed by atoms with E-state index in [9.17, 15) is 14.7 Å². The molecule has 1 aliphatic heterocycles. The van der Waals surface area contributed by atoms with Crippen LogP contribution in [0.15, 0.2) is 59.8 Å². The van der Waals surface area contributed by atoms with Crippen LogP contribution in [0.2, 0.25) is 0 Å². The zero-order chi connectivity index (χ0) is 22.7. The minimum atomic E-state index is -0.987. The number of esters is 1. The molecule has 0 saturated heterocycles. The summed E-state index contributed by atoms with van der Waals surface area (Å²) in [5.41, 5.74) is 3.60. The third-order valence-corrected chi connectivity index (χ3v) is 6.39. The first-order chi connectivity index (χ1) is 15.5. The Labute approximate surface area is 187 Å². The number of rotatable bonds is 6. The third kappa shape index (κ3) is 4.20. The zero-order valence-corrected chi connectivity index (χ0v) is 18.5. The molecule has 0 spiro atoms. The molecule has 4 rings (SSSR count). The quantitative estimate of drug-likeness (QED) is 0.657. The number of carbonyl (C=O) groups is 2. The van der Waals surface area contributed by atoms with Crippen LogP contribution in [0, 0.1) is 11.8 Å². The highest BCUT2D eigenvalue weighted by Gasteiger charge is 2.42. The predicted molar refractivity (Wildman–Crippen MR) is 121 cm³/mol. The molecule has 1 atom stereocenters. The summed E-state index contributed by atoms with van der Waals surface area (Å²) < 4.78 is 7.34. The molecule has 168 valence electrons. The Hall–Kier alpha value is -3.35. The number of benzene rings is 1. The van der Waals surface area contributed by atoms with Gasteiger partial charge in [-0.15, -0.1) is 0 Å². The molecule has 1 aromatic heterocycles. The van der Waals surface area contributed by atoms with Crippen LogP contribution >= 0.6 is 0 Å². The van der Waals surface area contributed by atoms with Crippen molar-refractivity contribution < 1.29 is 19.4 Å². The fraction of sp³-hybridized carbons (Fsp3) is 0.400. The number of hydrogen-bond donors (Lipinski definition) is 2. The average Bonchev–Trinajstić information content (AvgIpc) is 3.34. The molecule has 1 fully saturated rings. The van der Waals surface area contributed by atoms with Gasteiger partial charge in [0.1, 0.15) is 0 Å². The lowest BCUT2D eigenvalue weighted by Crippen LogP contribution is -2.37. The Morgan fingerprint density at radius 2 is 2.00 bits per heavy atom. The molecule has 7 nitrogen and oxygen atoms in total. The molecule has 32 heavy (non-hydrogen) atoms. The maximum atomic E-state index is 13.3. The molecule has 1 unspecified atom stereocenters. The number of carbonyl (C=O) groups excluding carboxylic acids is 1. The van der Waals surface area contributed by atoms with Crippen LogP contribution in [0.4, 0.5) is 0 Å². The number of ether oxygens (including phenoxy) is 1. The van der Waals surface area contributed by atoms with Crippen molar-refractivity contribution >= 4 is 17.6 Å². The minimum absolute atomic E-state index is 0.0955. The number of nitrogens with one attached hydrogen (secondary N) is 1. The van der Waals surface area contributed by atoms with E-state index in [4.69, 9.17) is 4.74 Å². The van der Waals surface area contributed by atoms with Gasteiger partial charge in [-0.25, -0.2) is 14.6 Å². The third-order valence-electron chi connectivity index (χ3n) is 6.39. The summed E-state index contributed by atoms with van der Waals surface area (Å²) in [4.78, 5) is 29.7. The van der Waals surface area contributed by atoms with E-state index in [0.717, 1.165) is 43.4 Å². The molecule has 7 heteroatoms. The fourth-order valence-corrected chi connectivity index (χ4v) is 4.99. The van der Waals surface area contributed by atoms with Crippen molar-refractivity contribution in [2.75, 3.05) is 6.61 Å². The summed E-state index contributed by atoms with van der Waals surface area (Å²) in [5.74, 6) is -1.85. The first-order valence-electron chi connectivity index (χ1n) is 11.2. The van der Waals surface area contributed by atoms with E-state index < -0.39 is 17.9 Å². The van der Waals surface area contributed by atoms with E-state index in [1.807, 2.05) is 35.0 Å². The summed E-state index contributed by atoms with van der Waals surface area (Å²) in [5, 5.41) is 13.3. The Bertz CT molecular complexity index is 1060. The van der Waals surface area contributed by atoms with Crippen LogP contribution in [-0.2, 0) is 14.3 Å². The second kappa shape index (κ2) is 9.42. The number of imidazole rings is 1. The Morgan fingerprint density at radius 3 is 2.66 bits per heavy atom. The van der Waals surface area contributed by atoms with E-state index in [-0.39, 0.29) is 18.1 Å². The highest BCUT2D eigenvalue weighted by molar-refractivity contribution is 6.03. The number of aromatic nitrogens is 2. The van der Waals surface area contributed by atoms with Gasteiger partial charge in [-0.1, -0.05) is 31.4 Å². The molecule has 0 amide bonds. The number of nitrogens with zero attached hydrogens (tertiary/aromatic N) is 2. The van der Waals surface area contributed by atoms with Crippen molar-refractivity contribution in [2.24, 2.45) is 11.8 Å². The lowest BCUT2D eigenvalue weighted by Gasteiger charge is -2.37. The first kappa shape index (κ1) is 21.9. The largest absolute Gasteiger partial charge is 0.478 e. The highest BCUT2D eigenvalue weighted by Crippen LogP contribution is 2.44. The van der Waals surface area contributed by atoms with Crippen molar-refractivity contribution in [3.05, 3.63) is 65.4 Å². The molecule has 0 radical (unpaired) electrons. The van der Waals surface area contributed by atoms with Crippen LogP contribution in [0.5, 0.6) is 0 Å². The van der Waals surface area contributed by atoms with Gasteiger partial charge >= 0.3 is 11.9 Å². The van der Waals surface area contributed by atoms with Crippen LogP contribution in [0.3, 0.4) is 0 Å². The molecule has 2 heterocycles. The number of allylic oxidation sites excluding steroid dienone is 1. The van der Waals surface area contributed by atoms with Gasteiger partial charge < -0.3 is 19.7 Å².